The Labute approximate surface area is 226 Å². The molecule has 3 aliphatic heterocycles. The van der Waals surface area contributed by atoms with Gasteiger partial charge in [0, 0.05) is 68.0 Å². The molecule has 0 aliphatic carbocycles. The molecule has 0 saturated carbocycles. The van der Waals surface area contributed by atoms with Crippen LogP contribution in [0.15, 0.2) is 23.0 Å². The van der Waals surface area contributed by atoms with Crippen LogP contribution in [-0.2, 0) is 34.8 Å². The predicted octanol–water partition coefficient (Wildman–Crippen LogP) is 1.89. The molecular formula is C29H34N4O6. The van der Waals surface area contributed by atoms with Crippen molar-refractivity contribution in [3.63, 3.8) is 0 Å². The van der Waals surface area contributed by atoms with Gasteiger partial charge in [0.1, 0.15) is 18.8 Å². The molecule has 1 N–H and O–H groups in total. The topological polar surface area (TPSA) is 106 Å². The molecule has 10 heteroatoms. The van der Waals surface area contributed by atoms with Gasteiger partial charge in [-0.25, -0.2) is 4.98 Å². The minimum absolute atomic E-state index is 0.00804. The Morgan fingerprint density at radius 2 is 1.82 bits per heavy atom. The molecule has 1 fully saturated rings. The average Bonchev–Trinajstić information content (AvgIpc) is 3.32. The highest BCUT2D eigenvalue weighted by Gasteiger charge is 2.36. The summed E-state index contributed by atoms with van der Waals surface area (Å²) in [6, 6.07) is 5.67. The second-order valence-corrected chi connectivity index (χ2v) is 10.7. The predicted molar refractivity (Wildman–Crippen MR) is 145 cm³/mol. The zero-order valence-corrected chi connectivity index (χ0v) is 22.7. The standard InChI is InChI=1S/C29H34N4O6/c1-4-29(36,17-34)22-12-24-27-20(15-33(24)28(35)21(22)16-37-3)19(14-32-7-5-31(2)6-8-32)18-11-25-26(13-23(18)30-27)39-10-9-38-25/h11-13,17,36H,4-10,14-16H2,1-3H3. The van der Waals surface area contributed by atoms with Crippen LogP contribution in [0.25, 0.3) is 22.3 Å². The summed E-state index contributed by atoms with van der Waals surface area (Å²) in [7, 11) is 3.63. The van der Waals surface area contributed by atoms with E-state index < -0.39 is 5.60 Å². The Morgan fingerprint density at radius 1 is 1.10 bits per heavy atom. The first kappa shape index (κ1) is 25.9. The quantitative estimate of drug-likeness (QED) is 0.356. The number of aldehydes is 1. The number of likely N-dealkylation sites (N-methyl/N-ethyl adjacent to an activating group) is 1. The number of aliphatic hydroxyl groups is 1. The number of benzene rings is 1. The summed E-state index contributed by atoms with van der Waals surface area (Å²) in [6.07, 6.45) is 0.635. The van der Waals surface area contributed by atoms with Crippen molar-refractivity contribution in [1.82, 2.24) is 19.4 Å². The third-order valence-electron chi connectivity index (χ3n) is 8.29. The number of rotatable bonds is 7. The third-order valence-corrected chi connectivity index (χ3v) is 8.29. The van der Waals surface area contributed by atoms with Gasteiger partial charge in [-0.3, -0.25) is 14.5 Å². The third kappa shape index (κ3) is 4.31. The summed E-state index contributed by atoms with van der Waals surface area (Å²) >= 11 is 0. The molecule has 2 aromatic heterocycles. The first-order chi connectivity index (χ1) is 18.9. The maximum atomic E-state index is 13.8. The van der Waals surface area contributed by atoms with Crippen LogP contribution in [-0.4, -0.2) is 84.3 Å². The van der Waals surface area contributed by atoms with Crippen LogP contribution in [0.3, 0.4) is 0 Å². The number of aromatic nitrogens is 2. The summed E-state index contributed by atoms with van der Waals surface area (Å²) in [6.45, 7) is 7.60. The second-order valence-electron chi connectivity index (χ2n) is 10.7. The number of piperazine rings is 1. The minimum Gasteiger partial charge on any atom is -0.486 e. The van der Waals surface area contributed by atoms with Crippen molar-refractivity contribution in [2.75, 3.05) is 53.6 Å². The monoisotopic (exact) mass is 534 g/mol. The minimum atomic E-state index is -1.80. The van der Waals surface area contributed by atoms with E-state index in [1.165, 1.54) is 7.11 Å². The zero-order valence-electron chi connectivity index (χ0n) is 22.7. The molecule has 1 aromatic carbocycles. The van der Waals surface area contributed by atoms with E-state index in [0.717, 1.165) is 48.2 Å². The molecule has 1 atom stereocenters. The number of carbonyl (C=O) groups excluding carboxylic acids is 1. The van der Waals surface area contributed by atoms with Crippen molar-refractivity contribution in [3.05, 3.63) is 50.8 Å². The molecule has 1 saturated heterocycles. The van der Waals surface area contributed by atoms with Crippen molar-refractivity contribution in [2.24, 2.45) is 0 Å². The Morgan fingerprint density at radius 3 is 2.49 bits per heavy atom. The molecule has 0 radical (unpaired) electrons. The van der Waals surface area contributed by atoms with E-state index in [0.29, 0.717) is 55.5 Å². The van der Waals surface area contributed by atoms with Gasteiger partial charge in [0.25, 0.3) is 5.56 Å². The highest BCUT2D eigenvalue weighted by atomic mass is 16.6. The van der Waals surface area contributed by atoms with Crippen molar-refractivity contribution < 1.29 is 24.1 Å². The van der Waals surface area contributed by atoms with Crippen molar-refractivity contribution in [2.45, 2.75) is 38.6 Å². The van der Waals surface area contributed by atoms with Gasteiger partial charge in [0.15, 0.2) is 17.8 Å². The molecule has 39 heavy (non-hydrogen) atoms. The lowest BCUT2D eigenvalue weighted by Gasteiger charge is -2.33. The van der Waals surface area contributed by atoms with E-state index in [1.807, 2.05) is 12.1 Å². The summed E-state index contributed by atoms with van der Waals surface area (Å²) in [4.78, 5) is 35.7. The summed E-state index contributed by atoms with van der Waals surface area (Å²) < 4.78 is 18.8. The number of ether oxygens (including phenoxy) is 3. The molecule has 3 aromatic rings. The van der Waals surface area contributed by atoms with Crippen LogP contribution in [0.4, 0.5) is 0 Å². The van der Waals surface area contributed by atoms with Crippen LogP contribution >= 0.6 is 0 Å². The van der Waals surface area contributed by atoms with E-state index in [-0.39, 0.29) is 29.7 Å². The summed E-state index contributed by atoms with van der Waals surface area (Å²) in [5.41, 5.74) is 2.60. The normalized spacial score (nSPS) is 18.6. The summed E-state index contributed by atoms with van der Waals surface area (Å²) in [5, 5.41) is 12.2. The molecule has 10 nitrogen and oxygen atoms in total. The fourth-order valence-electron chi connectivity index (χ4n) is 5.91. The Balaban J connectivity index is 1.58. The highest BCUT2D eigenvalue weighted by Crippen LogP contribution is 2.42. The van der Waals surface area contributed by atoms with Gasteiger partial charge in [0.05, 0.1) is 30.1 Å². The fourth-order valence-corrected chi connectivity index (χ4v) is 5.91. The molecule has 3 aliphatic rings. The Hall–Kier alpha value is -3.31. The molecule has 1 unspecified atom stereocenters. The first-order valence-corrected chi connectivity index (χ1v) is 13.5. The van der Waals surface area contributed by atoms with Gasteiger partial charge in [-0.15, -0.1) is 0 Å². The smallest absolute Gasteiger partial charge is 0.257 e. The Bertz CT molecular complexity index is 1510. The van der Waals surface area contributed by atoms with Crippen LogP contribution in [0, 0.1) is 0 Å². The van der Waals surface area contributed by atoms with Crippen molar-refractivity contribution in [3.8, 4) is 22.9 Å². The summed E-state index contributed by atoms with van der Waals surface area (Å²) in [5.74, 6) is 1.35. The van der Waals surface area contributed by atoms with Crippen LogP contribution in [0.2, 0.25) is 0 Å². The maximum absolute atomic E-state index is 13.8. The molecule has 6 rings (SSSR count). The molecular weight excluding hydrogens is 500 g/mol. The zero-order chi connectivity index (χ0) is 27.3. The molecule has 0 bridgehead atoms. The van der Waals surface area contributed by atoms with Gasteiger partial charge >= 0.3 is 0 Å². The van der Waals surface area contributed by atoms with Gasteiger partial charge in [0.2, 0.25) is 0 Å². The van der Waals surface area contributed by atoms with Gasteiger partial charge in [-0.2, -0.15) is 0 Å². The van der Waals surface area contributed by atoms with Crippen molar-refractivity contribution >= 4 is 17.2 Å². The van der Waals surface area contributed by atoms with Crippen molar-refractivity contribution in [1.29, 1.82) is 0 Å². The van der Waals surface area contributed by atoms with Crippen LogP contribution < -0.4 is 15.0 Å². The molecule has 0 spiro atoms. The molecule has 5 heterocycles. The van der Waals surface area contributed by atoms with E-state index >= 15 is 0 Å². The van der Waals surface area contributed by atoms with Gasteiger partial charge in [-0.05, 0) is 31.2 Å². The van der Waals surface area contributed by atoms with Gasteiger partial charge in [-0.1, -0.05) is 6.92 Å². The highest BCUT2D eigenvalue weighted by molar-refractivity contribution is 5.90. The number of carbonyl (C=O) groups is 1. The number of hydrogen-bond donors (Lipinski definition) is 1. The number of methoxy groups -OCH3 is 1. The van der Waals surface area contributed by atoms with E-state index in [9.17, 15) is 14.7 Å². The maximum Gasteiger partial charge on any atom is 0.257 e. The van der Waals surface area contributed by atoms with Gasteiger partial charge < -0.3 is 28.8 Å². The number of pyridine rings is 2. The second kappa shape index (κ2) is 10.0. The van der Waals surface area contributed by atoms with Crippen LogP contribution in [0.1, 0.15) is 35.6 Å². The van der Waals surface area contributed by atoms with E-state index in [1.54, 1.807) is 17.6 Å². The fraction of sp³-hybridized carbons (Fsp3) is 0.483. The number of hydrogen-bond acceptors (Lipinski definition) is 9. The van der Waals surface area contributed by atoms with E-state index in [2.05, 4.69) is 16.8 Å². The largest absolute Gasteiger partial charge is 0.486 e. The molecule has 206 valence electrons. The van der Waals surface area contributed by atoms with Crippen LogP contribution in [0.5, 0.6) is 11.5 Å². The lowest BCUT2D eigenvalue weighted by atomic mass is 9.89. The SMILES string of the molecule is CCC(O)(C=O)c1cc2n(c(=O)c1COC)Cc1c-2nc2cc3c(cc2c1CN1CCN(C)CC1)OCCO3. The molecule has 0 amide bonds. The Kier molecular flexibility index (Phi) is 6.66. The first-order valence-electron chi connectivity index (χ1n) is 13.5. The lowest BCUT2D eigenvalue weighted by molar-refractivity contribution is -0.125. The average molecular weight is 535 g/mol. The lowest BCUT2D eigenvalue weighted by Crippen LogP contribution is -2.44. The van der Waals surface area contributed by atoms with E-state index in [4.69, 9.17) is 19.2 Å². The number of fused-ring (bicyclic) bond motifs is 5. The number of nitrogens with zero attached hydrogens (tertiary/aromatic N) is 4.